The SMILES string of the molecule is CCc1cc(CC)c(N)s1. The van der Waals surface area contributed by atoms with E-state index in [1.807, 2.05) is 0 Å². The summed E-state index contributed by atoms with van der Waals surface area (Å²) >= 11 is 1.72. The Morgan fingerprint density at radius 1 is 1.40 bits per heavy atom. The van der Waals surface area contributed by atoms with Crippen LogP contribution in [-0.4, -0.2) is 0 Å². The van der Waals surface area contributed by atoms with E-state index in [2.05, 4.69) is 19.9 Å². The summed E-state index contributed by atoms with van der Waals surface area (Å²) in [4.78, 5) is 1.40. The van der Waals surface area contributed by atoms with Gasteiger partial charge in [0.05, 0.1) is 5.00 Å². The van der Waals surface area contributed by atoms with E-state index in [1.165, 1.54) is 10.4 Å². The third kappa shape index (κ3) is 1.32. The minimum absolute atomic E-state index is 0.999. The molecule has 0 spiro atoms. The molecule has 0 aliphatic carbocycles. The molecule has 0 atom stereocenters. The van der Waals surface area contributed by atoms with E-state index in [1.54, 1.807) is 11.3 Å². The van der Waals surface area contributed by atoms with E-state index in [0.717, 1.165) is 17.8 Å². The number of nitrogens with two attached hydrogens (primary N) is 1. The lowest BCUT2D eigenvalue weighted by molar-refractivity contribution is 1.13. The molecule has 0 saturated heterocycles. The number of thiophene rings is 1. The quantitative estimate of drug-likeness (QED) is 0.697. The molecule has 1 rings (SSSR count). The van der Waals surface area contributed by atoms with Crippen LogP contribution in [0.3, 0.4) is 0 Å². The van der Waals surface area contributed by atoms with Gasteiger partial charge in [0.25, 0.3) is 0 Å². The van der Waals surface area contributed by atoms with Crippen LogP contribution < -0.4 is 5.73 Å². The zero-order valence-corrected chi connectivity index (χ0v) is 7.29. The van der Waals surface area contributed by atoms with E-state index in [-0.39, 0.29) is 0 Å². The molecule has 0 fully saturated rings. The van der Waals surface area contributed by atoms with Gasteiger partial charge in [-0.3, -0.25) is 0 Å². The highest BCUT2D eigenvalue weighted by Crippen LogP contribution is 2.25. The summed E-state index contributed by atoms with van der Waals surface area (Å²) in [6.45, 7) is 4.29. The van der Waals surface area contributed by atoms with Gasteiger partial charge in [0, 0.05) is 4.88 Å². The Kier molecular flexibility index (Phi) is 2.33. The molecule has 0 bridgehead atoms. The maximum absolute atomic E-state index is 5.75. The van der Waals surface area contributed by atoms with E-state index < -0.39 is 0 Å². The van der Waals surface area contributed by atoms with Crippen molar-refractivity contribution in [1.29, 1.82) is 0 Å². The Balaban J connectivity index is 2.92. The summed E-state index contributed by atoms with van der Waals surface area (Å²) in [6, 6.07) is 2.21. The molecular formula is C8H13NS. The van der Waals surface area contributed by atoms with Gasteiger partial charge in [-0.1, -0.05) is 13.8 Å². The van der Waals surface area contributed by atoms with Gasteiger partial charge in [-0.25, -0.2) is 0 Å². The Labute approximate surface area is 65.9 Å². The fraction of sp³-hybridized carbons (Fsp3) is 0.500. The van der Waals surface area contributed by atoms with Crippen LogP contribution in [0.15, 0.2) is 6.07 Å². The second-order valence-corrected chi connectivity index (χ2v) is 3.48. The summed E-state index contributed by atoms with van der Waals surface area (Å²) in [6.07, 6.45) is 2.16. The number of rotatable bonds is 2. The van der Waals surface area contributed by atoms with Crippen molar-refractivity contribution in [2.75, 3.05) is 5.73 Å². The second-order valence-electron chi connectivity index (χ2n) is 2.31. The van der Waals surface area contributed by atoms with Gasteiger partial charge in [0.1, 0.15) is 0 Å². The maximum Gasteiger partial charge on any atom is 0.0891 e. The maximum atomic E-state index is 5.75. The first-order valence-corrected chi connectivity index (χ1v) is 4.46. The zero-order valence-electron chi connectivity index (χ0n) is 6.48. The molecule has 0 aliphatic rings. The van der Waals surface area contributed by atoms with Crippen molar-refractivity contribution in [2.45, 2.75) is 26.7 Å². The molecule has 0 unspecified atom stereocenters. The standard InChI is InChI=1S/C8H13NS/c1-3-6-5-7(4-2)10-8(6)9/h5H,3-4,9H2,1-2H3. The van der Waals surface area contributed by atoms with Crippen molar-refractivity contribution in [2.24, 2.45) is 0 Å². The predicted octanol–water partition coefficient (Wildman–Crippen LogP) is 2.46. The molecule has 2 heteroatoms. The number of aryl methyl sites for hydroxylation is 2. The Bertz CT molecular complexity index is 215. The minimum Gasteiger partial charge on any atom is -0.390 e. The third-order valence-corrected chi connectivity index (χ3v) is 2.77. The Morgan fingerprint density at radius 2 is 2.10 bits per heavy atom. The molecule has 0 aromatic carbocycles. The van der Waals surface area contributed by atoms with Crippen molar-refractivity contribution < 1.29 is 0 Å². The van der Waals surface area contributed by atoms with Crippen molar-refractivity contribution in [1.82, 2.24) is 0 Å². The van der Waals surface area contributed by atoms with Crippen LogP contribution in [-0.2, 0) is 12.8 Å². The summed E-state index contributed by atoms with van der Waals surface area (Å²) < 4.78 is 0. The van der Waals surface area contributed by atoms with Crippen LogP contribution in [0.2, 0.25) is 0 Å². The van der Waals surface area contributed by atoms with Crippen molar-refractivity contribution >= 4 is 16.3 Å². The van der Waals surface area contributed by atoms with E-state index in [0.29, 0.717) is 0 Å². The molecule has 1 aromatic heterocycles. The molecule has 0 saturated carbocycles. The zero-order chi connectivity index (χ0) is 7.56. The van der Waals surface area contributed by atoms with Crippen LogP contribution >= 0.6 is 11.3 Å². The third-order valence-electron chi connectivity index (χ3n) is 1.62. The number of anilines is 1. The van der Waals surface area contributed by atoms with Gasteiger partial charge < -0.3 is 5.73 Å². The van der Waals surface area contributed by atoms with Crippen LogP contribution in [0.5, 0.6) is 0 Å². The molecule has 1 nitrogen and oxygen atoms in total. The van der Waals surface area contributed by atoms with Gasteiger partial charge in [-0.05, 0) is 24.5 Å². The number of hydrogen-bond acceptors (Lipinski definition) is 2. The van der Waals surface area contributed by atoms with Crippen LogP contribution in [0.25, 0.3) is 0 Å². The number of nitrogen functional groups attached to an aromatic ring is 1. The van der Waals surface area contributed by atoms with Gasteiger partial charge in [0.2, 0.25) is 0 Å². The fourth-order valence-electron chi connectivity index (χ4n) is 0.952. The Morgan fingerprint density at radius 3 is 2.40 bits per heavy atom. The largest absolute Gasteiger partial charge is 0.390 e. The average Bonchev–Trinajstić information content (AvgIpc) is 2.30. The van der Waals surface area contributed by atoms with Gasteiger partial charge >= 0.3 is 0 Å². The predicted molar refractivity (Wildman–Crippen MR) is 47.5 cm³/mol. The van der Waals surface area contributed by atoms with Gasteiger partial charge in [-0.2, -0.15) is 0 Å². The summed E-state index contributed by atoms with van der Waals surface area (Å²) in [5, 5.41) is 0.999. The first-order valence-electron chi connectivity index (χ1n) is 3.65. The van der Waals surface area contributed by atoms with Crippen molar-refractivity contribution in [3.63, 3.8) is 0 Å². The fourth-order valence-corrected chi connectivity index (χ4v) is 1.91. The monoisotopic (exact) mass is 155 g/mol. The molecule has 1 heterocycles. The van der Waals surface area contributed by atoms with Gasteiger partial charge in [0.15, 0.2) is 0 Å². The highest BCUT2D eigenvalue weighted by Gasteiger charge is 2.01. The van der Waals surface area contributed by atoms with Gasteiger partial charge in [-0.15, -0.1) is 11.3 Å². The lowest BCUT2D eigenvalue weighted by Gasteiger charge is -1.88. The second kappa shape index (κ2) is 3.06. The van der Waals surface area contributed by atoms with Crippen molar-refractivity contribution in [3.05, 3.63) is 16.5 Å². The smallest absolute Gasteiger partial charge is 0.0891 e. The summed E-state index contributed by atoms with van der Waals surface area (Å²) in [7, 11) is 0. The van der Waals surface area contributed by atoms with Crippen molar-refractivity contribution in [3.8, 4) is 0 Å². The molecule has 0 aliphatic heterocycles. The lowest BCUT2D eigenvalue weighted by atomic mass is 10.2. The molecule has 10 heavy (non-hydrogen) atoms. The highest BCUT2D eigenvalue weighted by atomic mass is 32.1. The normalized spacial score (nSPS) is 10.2. The van der Waals surface area contributed by atoms with Crippen LogP contribution in [0.1, 0.15) is 24.3 Å². The Hall–Kier alpha value is -0.500. The highest BCUT2D eigenvalue weighted by molar-refractivity contribution is 7.16. The summed E-state index contributed by atoms with van der Waals surface area (Å²) in [5.41, 5.74) is 7.05. The first-order chi connectivity index (χ1) is 4.77. The average molecular weight is 155 g/mol. The van der Waals surface area contributed by atoms with E-state index >= 15 is 0 Å². The van der Waals surface area contributed by atoms with E-state index in [9.17, 15) is 0 Å². The molecule has 1 aromatic rings. The topological polar surface area (TPSA) is 26.0 Å². The van der Waals surface area contributed by atoms with Crippen LogP contribution in [0, 0.1) is 0 Å². The molecule has 56 valence electrons. The van der Waals surface area contributed by atoms with Crippen LogP contribution in [0.4, 0.5) is 5.00 Å². The van der Waals surface area contributed by atoms with E-state index in [4.69, 9.17) is 5.73 Å². The lowest BCUT2D eigenvalue weighted by Crippen LogP contribution is -1.83. The molecular weight excluding hydrogens is 142 g/mol. The minimum atomic E-state index is 0.999. The first kappa shape index (κ1) is 7.61. The number of hydrogen-bond donors (Lipinski definition) is 1. The molecule has 0 amide bonds. The molecule has 0 radical (unpaired) electrons. The summed E-state index contributed by atoms with van der Waals surface area (Å²) in [5.74, 6) is 0. The molecule has 2 N–H and O–H groups in total.